The Morgan fingerprint density at radius 1 is 1.25 bits per heavy atom. The zero-order valence-electron chi connectivity index (χ0n) is 16.8. The van der Waals surface area contributed by atoms with E-state index in [2.05, 4.69) is 16.7 Å². The molecule has 1 aromatic carbocycles. The van der Waals surface area contributed by atoms with Crippen LogP contribution in [0.2, 0.25) is 5.02 Å². The summed E-state index contributed by atoms with van der Waals surface area (Å²) in [6.07, 6.45) is 7.41. The van der Waals surface area contributed by atoms with Crippen LogP contribution in [0.1, 0.15) is 57.4 Å². The van der Waals surface area contributed by atoms with Crippen molar-refractivity contribution in [2.45, 2.75) is 70.4 Å². The molecule has 3 aliphatic rings. The van der Waals surface area contributed by atoms with Crippen molar-refractivity contribution in [2.75, 3.05) is 13.1 Å². The smallest absolute Gasteiger partial charge is 0.223 e. The number of hydrogen-bond acceptors (Lipinski definition) is 2. The molecule has 3 saturated heterocycles. The quantitative estimate of drug-likeness (QED) is 0.736. The van der Waals surface area contributed by atoms with Gasteiger partial charge in [-0.25, -0.2) is 0 Å². The van der Waals surface area contributed by atoms with E-state index in [-0.39, 0.29) is 5.91 Å². The minimum absolute atomic E-state index is 0.250. The number of fused-ring (bicyclic) bond motifs is 4. The van der Waals surface area contributed by atoms with Crippen LogP contribution in [0, 0.1) is 11.8 Å². The molecule has 0 unspecified atom stereocenters. The second-order valence-electron chi connectivity index (χ2n) is 8.80. The van der Waals surface area contributed by atoms with Crippen LogP contribution >= 0.6 is 11.6 Å². The average Bonchev–Trinajstić information content (AvgIpc) is 2.69. The Morgan fingerprint density at radius 3 is 2.86 bits per heavy atom. The van der Waals surface area contributed by atoms with Gasteiger partial charge in [0.15, 0.2) is 0 Å². The first kappa shape index (κ1) is 19.8. The Bertz CT molecular complexity index is 737. The van der Waals surface area contributed by atoms with Crippen LogP contribution in [0.4, 0.5) is 0 Å². The Balaban J connectivity index is 1.45. The van der Waals surface area contributed by atoms with Crippen LogP contribution < -0.4 is 0 Å². The van der Waals surface area contributed by atoms with Crippen LogP contribution in [0.15, 0.2) is 24.3 Å². The summed E-state index contributed by atoms with van der Waals surface area (Å²) in [5, 5.41) is 0.724. The Kier molecular flexibility index (Phi) is 5.96. The van der Waals surface area contributed by atoms with E-state index >= 15 is 0 Å². The van der Waals surface area contributed by atoms with Crippen LogP contribution in [-0.2, 0) is 16.0 Å². The van der Waals surface area contributed by atoms with Gasteiger partial charge in [-0.15, -0.1) is 0 Å². The molecule has 4 rings (SSSR count). The third-order valence-electron chi connectivity index (χ3n) is 6.95. The molecule has 0 radical (unpaired) electrons. The highest BCUT2D eigenvalue weighted by molar-refractivity contribution is 6.30. The maximum atomic E-state index is 13.0. The molecule has 2 bridgehead atoms. The molecule has 0 saturated carbocycles. The largest absolute Gasteiger partial charge is 0.342 e. The molecular formula is C23H31ClN2O2. The second kappa shape index (κ2) is 8.44. The van der Waals surface area contributed by atoms with Gasteiger partial charge in [-0.2, -0.15) is 0 Å². The van der Waals surface area contributed by atoms with Gasteiger partial charge in [0.2, 0.25) is 11.8 Å². The topological polar surface area (TPSA) is 40.6 Å². The average molecular weight is 403 g/mol. The predicted molar refractivity (Wildman–Crippen MR) is 111 cm³/mol. The molecule has 1 aromatic rings. The summed E-state index contributed by atoms with van der Waals surface area (Å²) in [7, 11) is 0. The molecule has 0 aliphatic carbocycles. The van der Waals surface area contributed by atoms with Gasteiger partial charge >= 0.3 is 0 Å². The van der Waals surface area contributed by atoms with Crippen molar-refractivity contribution in [3.63, 3.8) is 0 Å². The van der Waals surface area contributed by atoms with E-state index in [1.807, 2.05) is 24.3 Å². The fourth-order valence-electron chi connectivity index (χ4n) is 5.75. The molecule has 3 heterocycles. The van der Waals surface area contributed by atoms with Gasteiger partial charge in [-0.05, 0) is 61.6 Å². The second-order valence-corrected chi connectivity index (χ2v) is 9.24. The molecule has 0 aromatic heterocycles. The van der Waals surface area contributed by atoms with Gasteiger partial charge in [0, 0.05) is 43.0 Å². The van der Waals surface area contributed by atoms with Crippen molar-refractivity contribution in [3.05, 3.63) is 34.9 Å². The number of likely N-dealkylation sites (tertiary alicyclic amines) is 1. The summed E-state index contributed by atoms with van der Waals surface area (Å²) < 4.78 is 0. The third kappa shape index (κ3) is 3.94. The molecule has 4 atom stereocenters. The minimum atomic E-state index is 0.250. The number of hydrogen-bond donors (Lipinski definition) is 0. The van der Waals surface area contributed by atoms with Crippen molar-refractivity contribution in [1.82, 2.24) is 9.80 Å². The molecule has 0 N–H and O–H groups in total. The number of aryl methyl sites for hydroxylation is 1. The summed E-state index contributed by atoms with van der Waals surface area (Å²) in [6, 6.07) is 8.46. The number of piperidine rings is 3. The monoisotopic (exact) mass is 402 g/mol. The van der Waals surface area contributed by atoms with Gasteiger partial charge in [-0.1, -0.05) is 37.1 Å². The van der Waals surface area contributed by atoms with Gasteiger partial charge < -0.3 is 9.80 Å². The zero-order chi connectivity index (χ0) is 19.7. The lowest BCUT2D eigenvalue weighted by Gasteiger charge is -2.56. The molecule has 4 nitrogen and oxygen atoms in total. The van der Waals surface area contributed by atoms with Crippen molar-refractivity contribution in [2.24, 2.45) is 11.8 Å². The highest BCUT2D eigenvalue weighted by Crippen LogP contribution is 2.43. The van der Waals surface area contributed by atoms with E-state index < -0.39 is 0 Å². The standard InChI is InChI=1S/C23H31ClN2O2/c1-2-5-20-17-13-18(21-8-4-9-23(28)26(20)21)15-25(14-17)22(27)11-10-16-6-3-7-19(24)12-16/h3,6-7,12,17-18,20-21H,2,4-5,8-11,13-15H2,1H3/t17-,18+,20-,21-/m0/s1. The van der Waals surface area contributed by atoms with Crippen molar-refractivity contribution < 1.29 is 9.59 Å². The molecule has 3 fully saturated rings. The Labute approximate surface area is 173 Å². The molecule has 152 valence electrons. The van der Waals surface area contributed by atoms with E-state index in [0.717, 1.165) is 55.8 Å². The summed E-state index contributed by atoms with van der Waals surface area (Å²) in [6.45, 7) is 3.83. The van der Waals surface area contributed by atoms with Crippen LogP contribution in [-0.4, -0.2) is 46.8 Å². The number of rotatable bonds is 5. The van der Waals surface area contributed by atoms with E-state index in [4.69, 9.17) is 11.6 Å². The normalized spacial score (nSPS) is 29.6. The van der Waals surface area contributed by atoms with Crippen LogP contribution in [0.3, 0.4) is 0 Å². The fraction of sp³-hybridized carbons (Fsp3) is 0.652. The van der Waals surface area contributed by atoms with E-state index in [1.54, 1.807) is 0 Å². The van der Waals surface area contributed by atoms with E-state index in [1.165, 1.54) is 6.42 Å². The summed E-state index contributed by atoms with van der Waals surface area (Å²) in [4.78, 5) is 30.0. The molecular weight excluding hydrogens is 372 g/mol. The summed E-state index contributed by atoms with van der Waals surface area (Å²) in [5.74, 6) is 1.49. The van der Waals surface area contributed by atoms with Crippen LogP contribution in [0.5, 0.6) is 0 Å². The van der Waals surface area contributed by atoms with E-state index in [0.29, 0.717) is 42.7 Å². The van der Waals surface area contributed by atoms with Crippen molar-refractivity contribution >= 4 is 23.4 Å². The van der Waals surface area contributed by atoms with Gasteiger partial charge in [0.25, 0.3) is 0 Å². The highest BCUT2D eigenvalue weighted by atomic mass is 35.5. The number of carbonyl (C=O) groups excluding carboxylic acids is 2. The summed E-state index contributed by atoms with van der Waals surface area (Å²) >= 11 is 6.07. The first-order valence-corrected chi connectivity index (χ1v) is 11.3. The maximum absolute atomic E-state index is 13.0. The van der Waals surface area contributed by atoms with Gasteiger partial charge in [0.1, 0.15) is 0 Å². The van der Waals surface area contributed by atoms with Gasteiger partial charge in [-0.3, -0.25) is 9.59 Å². The predicted octanol–water partition coefficient (Wildman–Crippen LogP) is 4.30. The van der Waals surface area contributed by atoms with Crippen LogP contribution in [0.25, 0.3) is 0 Å². The molecule has 0 spiro atoms. The Morgan fingerprint density at radius 2 is 2.07 bits per heavy atom. The lowest BCUT2D eigenvalue weighted by atomic mass is 9.71. The minimum Gasteiger partial charge on any atom is -0.342 e. The summed E-state index contributed by atoms with van der Waals surface area (Å²) in [5.41, 5.74) is 1.12. The number of halogens is 1. The number of carbonyl (C=O) groups is 2. The number of benzene rings is 1. The number of amides is 2. The zero-order valence-corrected chi connectivity index (χ0v) is 17.5. The first-order chi connectivity index (χ1) is 13.6. The third-order valence-corrected chi connectivity index (χ3v) is 7.19. The van der Waals surface area contributed by atoms with Crippen molar-refractivity contribution in [1.29, 1.82) is 0 Å². The molecule has 2 amide bonds. The number of nitrogens with zero attached hydrogens (tertiary/aromatic N) is 2. The maximum Gasteiger partial charge on any atom is 0.223 e. The SMILES string of the molecule is CCC[C@H]1[C@H]2C[C@H](CN(C(=O)CCc3cccc(Cl)c3)C2)[C@@H]2CCCC(=O)N21. The van der Waals surface area contributed by atoms with Crippen molar-refractivity contribution in [3.8, 4) is 0 Å². The Hall–Kier alpha value is -1.55. The molecule has 3 aliphatic heterocycles. The lowest BCUT2D eigenvalue weighted by Crippen LogP contribution is -2.65. The van der Waals surface area contributed by atoms with E-state index in [9.17, 15) is 9.59 Å². The molecule has 28 heavy (non-hydrogen) atoms. The highest BCUT2D eigenvalue weighted by Gasteiger charge is 2.49. The first-order valence-electron chi connectivity index (χ1n) is 10.9. The molecule has 5 heteroatoms. The lowest BCUT2D eigenvalue weighted by molar-refractivity contribution is -0.156. The fourth-order valence-corrected chi connectivity index (χ4v) is 5.96. The van der Waals surface area contributed by atoms with Gasteiger partial charge in [0.05, 0.1) is 0 Å².